The summed E-state index contributed by atoms with van der Waals surface area (Å²) in [6.07, 6.45) is -3.13. The molecule has 2 nitrogen and oxygen atoms in total. The van der Waals surface area contributed by atoms with Crippen LogP contribution in [0.5, 0.6) is 0 Å². The van der Waals surface area contributed by atoms with Crippen LogP contribution in [0.25, 0.3) is 0 Å². The number of alkyl halides is 2. The molecule has 0 aliphatic rings. The molecule has 16 heavy (non-hydrogen) atoms. The number of halogens is 4. The van der Waals surface area contributed by atoms with E-state index in [1.54, 1.807) is 0 Å². The number of ether oxygens (including phenoxy) is 1. The first-order chi connectivity index (χ1) is 7.47. The Balaban J connectivity index is 3.15. The molecule has 1 aromatic carbocycles. The number of carbonyl (C=O) groups is 1. The molecular weight excluding hydrogens is 228 g/mol. The predicted octanol–water partition coefficient (Wildman–Crippen LogP) is 3.08. The number of rotatable bonds is 3. The van der Waals surface area contributed by atoms with Gasteiger partial charge in [0.05, 0.1) is 17.7 Å². The van der Waals surface area contributed by atoms with Crippen LogP contribution in [0.3, 0.4) is 0 Å². The first-order valence-corrected chi connectivity index (χ1v) is 4.41. The van der Waals surface area contributed by atoms with Gasteiger partial charge in [-0.3, -0.25) is 0 Å². The van der Waals surface area contributed by atoms with Crippen LogP contribution in [-0.2, 0) is 4.74 Å². The summed E-state index contributed by atoms with van der Waals surface area (Å²) in [5.74, 6) is -3.64. The van der Waals surface area contributed by atoms with Crippen molar-refractivity contribution in [1.82, 2.24) is 0 Å². The number of hydrogen-bond donors (Lipinski definition) is 0. The Morgan fingerprint density at radius 2 is 1.94 bits per heavy atom. The molecule has 0 heterocycles. The van der Waals surface area contributed by atoms with Gasteiger partial charge in [0, 0.05) is 0 Å². The van der Waals surface area contributed by atoms with Gasteiger partial charge in [-0.15, -0.1) is 0 Å². The van der Waals surface area contributed by atoms with Gasteiger partial charge in [0.2, 0.25) is 0 Å². The van der Waals surface area contributed by atoms with Crippen LogP contribution in [0.1, 0.15) is 29.3 Å². The third-order valence-electron chi connectivity index (χ3n) is 1.82. The van der Waals surface area contributed by atoms with Gasteiger partial charge in [0.15, 0.2) is 0 Å². The van der Waals surface area contributed by atoms with Gasteiger partial charge in [0.25, 0.3) is 6.43 Å². The SMILES string of the molecule is CCOC(=O)c1cc(F)c(C(F)F)cc1F. The van der Waals surface area contributed by atoms with Crippen LogP contribution in [0, 0.1) is 11.6 Å². The molecule has 0 N–H and O–H groups in total. The lowest BCUT2D eigenvalue weighted by molar-refractivity contribution is 0.0519. The Labute approximate surface area is 88.8 Å². The van der Waals surface area contributed by atoms with E-state index in [1.165, 1.54) is 6.92 Å². The number of hydrogen-bond acceptors (Lipinski definition) is 2. The highest BCUT2D eigenvalue weighted by Crippen LogP contribution is 2.25. The molecule has 0 aromatic heterocycles. The molecule has 0 atom stereocenters. The molecule has 0 fully saturated rings. The fourth-order valence-electron chi connectivity index (χ4n) is 1.09. The Bertz CT molecular complexity index is 404. The molecule has 0 aliphatic carbocycles. The van der Waals surface area contributed by atoms with Gasteiger partial charge >= 0.3 is 5.97 Å². The maximum absolute atomic E-state index is 13.2. The molecule has 0 amide bonds. The molecule has 88 valence electrons. The zero-order valence-corrected chi connectivity index (χ0v) is 8.27. The highest BCUT2D eigenvalue weighted by atomic mass is 19.3. The van der Waals surface area contributed by atoms with E-state index in [-0.39, 0.29) is 6.61 Å². The standard InChI is InChI=1S/C10H8F4O2/c1-2-16-10(15)6-4-7(11)5(9(13)14)3-8(6)12/h3-4,9H,2H2,1H3. The van der Waals surface area contributed by atoms with E-state index < -0.39 is 35.2 Å². The minimum atomic E-state index is -3.13. The summed E-state index contributed by atoms with van der Waals surface area (Å²) in [7, 11) is 0. The van der Waals surface area contributed by atoms with Crippen molar-refractivity contribution in [3.8, 4) is 0 Å². The summed E-state index contributed by atoms with van der Waals surface area (Å²) in [5.41, 5.74) is -1.77. The second-order valence-electron chi connectivity index (χ2n) is 2.87. The van der Waals surface area contributed by atoms with Crippen LogP contribution in [0.2, 0.25) is 0 Å². The van der Waals surface area contributed by atoms with E-state index in [4.69, 9.17) is 0 Å². The average molecular weight is 236 g/mol. The summed E-state index contributed by atoms with van der Waals surface area (Å²) < 4.78 is 55.0. The topological polar surface area (TPSA) is 26.3 Å². The third kappa shape index (κ3) is 2.50. The second kappa shape index (κ2) is 4.96. The van der Waals surface area contributed by atoms with Crippen molar-refractivity contribution in [2.75, 3.05) is 6.61 Å². The lowest BCUT2D eigenvalue weighted by atomic mass is 10.1. The Kier molecular flexibility index (Phi) is 3.87. The van der Waals surface area contributed by atoms with E-state index in [1.807, 2.05) is 0 Å². The summed E-state index contributed by atoms with van der Waals surface area (Å²) >= 11 is 0. The fraction of sp³-hybridized carbons (Fsp3) is 0.300. The quantitative estimate of drug-likeness (QED) is 0.595. The first-order valence-electron chi connectivity index (χ1n) is 4.41. The summed E-state index contributed by atoms with van der Waals surface area (Å²) in [6.45, 7) is 1.47. The molecule has 0 radical (unpaired) electrons. The maximum atomic E-state index is 13.2. The highest BCUT2D eigenvalue weighted by Gasteiger charge is 2.21. The fourth-order valence-corrected chi connectivity index (χ4v) is 1.09. The maximum Gasteiger partial charge on any atom is 0.341 e. The lowest BCUT2D eigenvalue weighted by Crippen LogP contribution is -2.09. The van der Waals surface area contributed by atoms with Crippen LogP contribution in [0.4, 0.5) is 17.6 Å². The molecular formula is C10H8F4O2. The third-order valence-corrected chi connectivity index (χ3v) is 1.82. The van der Waals surface area contributed by atoms with E-state index in [0.717, 1.165) is 0 Å². The average Bonchev–Trinajstić information content (AvgIpc) is 2.20. The molecule has 0 unspecified atom stereocenters. The van der Waals surface area contributed by atoms with Gasteiger partial charge in [-0.1, -0.05) is 0 Å². The Morgan fingerprint density at radius 3 is 2.44 bits per heavy atom. The van der Waals surface area contributed by atoms with E-state index in [0.29, 0.717) is 12.1 Å². The summed E-state index contributed by atoms with van der Waals surface area (Å²) in [6, 6.07) is 0.709. The van der Waals surface area contributed by atoms with Crippen LogP contribution >= 0.6 is 0 Å². The van der Waals surface area contributed by atoms with Crippen molar-refractivity contribution in [2.45, 2.75) is 13.3 Å². The normalized spacial score (nSPS) is 10.6. The van der Waals surface area contributed by atoms with E-state index >= 15 is 0 Å². The van der Waals surface area contributed by atoms with Crippen LogP contribution in [-0.4, -0.2) is 12.6 Å². The van der Waals surface area contributed by atoms with Crippen molar-refractivity contribution in [2.24, 2.45) is 0 Å². The van der Waals surface area contributed by atoms with Crippen molar-refractivity contribution < 1.29 is 27.1 Å². The van der Waals surface area contributed by atoms with Gasteiger partial charge in [-0.25, -0.2) is 22.4 Å². The van der Waals surface area contributed by atoms with Gasteiger partial charge < -0.3 is 4.74 Å². The smallest absolute Gasteiger partial charge is 0.341 e. The van der Waals surface area contributed by atoms with Gasteiger partial charge in [0.1, 0.15) is 11.6 Å². The van der Waals surface area contributed by atoms with Crippen LogP contribution < -0.4 is 0 Å². The molecule has 0 spiro atoms. The number of esters is 1. The monoisotopic (exact) mass is 236 g/mol. The van der Waals surface area contributed by atoms with Gasteiger partial charge in [-0.2, -0.15) is 0 Å². The number of carbonyl (C=O) groups excluding carboxylic acids is 1. The molecule has 6 heteroatoms. The highest BCUT2D eigenvalue weighted by molar-refractivity contribution is 5.89. The minimum absolute atomic E-state index is 0.0174. The molecule has 0 bridgehead atoms. The molecule has 0 aliphatic heterocycles. The zero-order chi connectivity index (χ0) is 12.3. The number of benzene rings is 1. The predicted molar refractivity (Wildman–Crippen MR) is 47.3 cm³/mol. The van der Waals surface area contributed by atoms with Crippen molar-refractivity contribution in [1.29, 1.82) is 0 Å². The Hall–Kier alpha value is -1.59. The zero-order valence-electron chi connectivity index (χ0n) is 8.27. The first kappa shape index (κ1) is 12.5. The second-order valence-corrected chi connectivity index (χ2v) is 2.87. The Morgan fingerprint density at radius 1 is 1.31 bits per heavy atom. The minimum Gasteiger partial charge on any atom is -0.462 e. The van der Waals surface area contributed by atoms with E-state index in [2.05, 4.69) is 4.74 Å². The molecule has 0 saturated carbocycles. The van der Waals surface area contributed by atoms with Crippen molar-refractivity contribution >= 4 is 5.97 Å². The van der Waals surface area contributed by atoms with Gasteiger partial charge in [-0.05, 0) is 19.1 Å². The summed E-state index contributed by atoms with van der Waals surface area (Å²) in [4.78, 5) is 11.1. The van der Waals surface area contributed by atoms with Crippen molar-refractivity contribution in [3.63, 3.8) is 0 Å². The summed E-state index contributed by atoms with van der Waals surface area (Å²) in [5, 5.41) is 0. The van der Waals surface area contributed by atoms with E-state index in [9.17, 15) is 22.4 Å². The molecule has 1 rings (SSSR count). The molecule has 0 saturated heterocycles. The molecule has 1 aromatic rings. The van der Waals surface area contributed by atoms with Crippen molar-refractivity contribution in [3.05, 3.63) is 34.9 Å². The lowest BCUT2D eigenvalue weighted by Gasteiger charge is -2.06. The largest absolute Gasteiger partial charge is 0.462 e. The van der Waals surface area contributed by atoms with Crippen LogP contribution in [0.15, 0.2) is 12.1 Å².